The molecule has 0 aromatic carbocycles. The van der Waals surface area contributed by atoms with Gasteiger partial charge in [0.1, 0.15) is 0 Å². The highest BCUT2D eigenvalue weighted by Gasteiger charge is 2.30. The van der Waals surface area contributed by atoms with E-state index >= 15 is 0 Å². The molecule has 5 heteroatoms. The first kappa shape index (κ1) is 12.2. The Kier molecular flexibility index (Phi) is 3.86. The third-order valence-corrected chi connectivity index (χ3v) is 3.63. The largest absolute Gasteiger partial charge is 0.338 e. The highest BCUT2D eigenvalue weighted by Crippen LogP contribution is 2.22. The van der Waals surface area contributed by atoms with Crippen molar-refractivity contribution < 1.29 is 9.59 Å². The number of amides is 3. The van der Waals surface area contributed by atoms with Crippen LogP contribution >= 0.6 is 0 Å². The van der Waals surface area contributed by atoms with Gasteiger partial charge >= 0.3 is 6.03 Å². The number of carbonyl (C=O) groups excluding carboxylic acids is 2. The van der Waals surface area contributed by atoms with Crippen molar-refractivity contribution in [2.24, 2.45) is 0 Å². The summed E-state index contributed by atoms with van der Waals surface area (Å²) in [6.07, 6.45) is 3.85. The molecule has 3 amide bonds. The first-order chi connectivity index (χ1) is 8.22. The summed E-state index contributed by atoms with van der Waals surface area (Å²) in [5.74, 6) is 0.253. The van der Waals surface area contributed by atoms with Crippen LogP contribution in [0.3, 0.4) is 0 Å². The van der Waals surface area contributed by atoms with Crippen molar-refractivity contribution in [2.45, 2.75) is 38.6 Å². The Labute approximate surface area is 102 Å². The van der Waals surface area contributed by atoms with Crippen LogP contribution in [-0.2, 0) is 4.79 Å². The van der Waals surface area contributed by atoms with Crippen LogP contribution in [-0.4, -0.2) is 54.0 Å². The lowest BCUT2D eigenvalue weighted by molar-refractivity contribution is -0.129. The van der Waals surface area contributed by atoms with E-state index in [2.05, 4.69) is 12.2 Å². The van der Waals surface area contributed by atoms with E-state index in [0.717, 1.165) is 32.4 Å². The maximum Gasteiger partial charge on any atom is 0.317 e. The van der Waals surface area contributed by atoms with Crippen LogP contribution in [0.1, 0.15) is 32.6 Å². The SMILES string of the molecule is CCCC1CCC(=O)N1CCN1CCNC1=O. The van der Waals surface area contributed by atoms with Gasteiger partial charge in [0.25, 0.3) is 0 Å². The Morgan fingerprint density at radius 2 is 2.18 bits per heavy atom. The fraction of sp³-hybridized carbons (Fsp3) is 0.833. The Bertz CT molecular complexity index is 306. The van der Waals surface area contributed by atoms with E-state index in [1.54, 1.807) is 4.90 Å². The summed E-state index contributed by atoms with van der Waals surface area (Å²) in [4.78, 5) is 26.9. The molecular weight excluding hydrogens is 218 g/mol. The molecule has 0 aliphatic carbocycles. The molecule has 17 heavy (non-hydrogen) atoms. The summed E-state index contributed by atoms with van der Waals surface area (Å²) in [6, 6.07) is 0.404. The lowest BCUT2D eigenvalue weighted by Gasteiger charge is -2.26. The molecule has 0 spiro atoms. The van der Waals surface area contributed by atoms with Crippen LogP contribution in [0.25, 0.3) is 0 Å². The second-order valence-corrected chi connectivity index (χ2v) is 4.79. The number of urea groups is 1. The summed E-state index contributed by atoms with van der Waals surface area (Å²) in [5, 5.41) is 2.78. The molecular formula is C12H21N3O2. The predicted molar refractivity (Wildman–Crippen MR) is 64.6 cm³/mol. The molecule has 0 bridgehead atoms. The maximum atomic E-state index is 11.8. The number of hydrogen-bond acceptors (Lipinski definition) is 2. The molecule has 2 saturated heterocycles. The van der Waals surface area contributed by atoms with Crippen LogP contribution in [0.2, 0.25) is 0 Å². The zero-order valence-corrected chi connectivity index (χ0v) is 10.4. The number of rotatable bonds is 5. The molecule has 2 fully saturated rings. The predicted octanol–water partition coefficient (Wildman–Crippen LogP) is 0.803. The van der Waals surface area contributed by atoms with Gasteiger partial charge in [0.15, 0.2) is 0 Å². The summed E-state index contributed by atoms with van der Waals surface area (Å²) >= 11 is 0. The van der Waals surface area contributed by atoms with Crippen LogP contribution in [0.5, 0.6) is 0 Å². The minimum Gasteiger partial charge on any atom is -0.338 e. The van der Waals surface area contributed by atoms with Gasteiger partial charge in [0, 0.05) is 38.6 Å². The van der Waals surface area contributed by atoms with Gasteiger partial charge in [0.05, 0.1) is 0 Å². The number of likely N-dealkylation sites (tertiary alicyclic amines) is 1. The van der Waals surface area contributed by atoms with E-state index in [1.165, 1.54) is 0 Å². The average molecular weight is 239 g/mol. The molecule has 0 saturated carbocycles. The zero-order chi connectivity index (χ0) is 12.3. The Hall–Kier alpha value is -1.26. The summed E-state index contributed by atoms with van der Waals surface area (Å²) in [6.45, 7) is 4.99. The van der Waals surface area contributed by atoms with E-state index in [-0.39, 0.29) is 11.9 Å². The van der Waals surface area contributed by atoms with Gasteiger partial charge < -0.3 is 15.1 Å². The third kappa shape index (κ3) is 2.70. The molecule has 2 aliphatic heterocycles. The van der Waals surface area contributed by atoms with E-state index in [0.29, 0.717) is 25.6 Å². The van der Waals surface area contributed by atoms with Crippen LogP contribution in [0.4, 0.5) is 4.79 Å². The Balaban J connectivity index is 1.83. The van der Waals surface area contributed by atoms with Crippen molar-refractivity contribution in [3.63, 3.8) is 0 Å². The number of nitrogens with one attached hydrogen (secondary N) is 1. The molecule has 1 N–H and O–H groups in total. The second kappa shape index (κ2) is 5.38. The minimum atomic E-state index is 0.00341. The van der Waals surface area contributed by atoms with E-state index < -0.39 is 0 Å². The molecule has 0 aromatic heterocycles. The quantitative estimate of drug-likeness (QED) is 0.771. The number of nitrogens with zero attached hydrogens (tertiary/aromatic N) is 2. The van der Waals surface area contributed by atoms with Crippen molar-refractivity contribution in [1.29, 1.82) is 0 Å². The molecule has 2 rings (SSSR count). The standard InChI is InChI=1S/C12H21N3O2/c1-2-3-10-4-5-11(16)15(10)9-8-14-7-6-13-12(14)17/h10H,2-9H2,1H3,(H,13,17). The minimum absolute atomic E-state index is 0.00341. The van der Waals surface area contributed by atoms with Gasteiger partial charge in [-0.15, -0.1) is 0 Å². The molecule has 5 nitrogen and oxygen atoms in total. The zero-order valence-electron chi connectivity index (χ0n) is 10.4. The number of carbonyl (C=O) groups is 2. The van der Waals surface area contributed by atoms with Crippen LogP contribution in [0.15, 0.2) is 0 Å². The number of hydrogen-bond donors (Lipinski definition) is 1. The molecule has 0 aromatic rings. The summed E-state index contributed by atoms with van der Waals surface area (Å²) in [5.41, 5.74) is 0. The van der Waals surface area contributed by atoms with Gasteiger partial charge in [-0.1, -0.05) is 13.3 Å². The maximum absolute atomic E-state index is 11.8. The first-order valence-electron chi connectivity index (χ1n) is 6.54. The lowest BCUT2D eigenvalue weighted by Crippen LogP contribution is -2.41. The van der Waals surface area contributed by atoms with Gasteiger partial charge in [-0.3, -0.25) is 4.79 Å². The fourth-order valence-electron chi connectivity index (χ4n) is 2.69. The fourth-order valence-corrected chi connectivity index (χ4v) is 2.69. The third-order valence-electron chi connectivity index (χ3n) is 3.63. The Morgan fingerprint density at radius 3 is 2.82 bits per heavy atom. The van der Waals surface area contributed by atoms with E-state index in [9.17, 15) is 9.59 Å². The van der Waals surface area contributed by atoms with Gasteiger partial charge in [0.2, 0.25) is 5.91 Å². The van der Waals surface area contributed by atoms with E-state index in [4.69, 9.17) is 0 Å². The van der Waals surface area contributed by atoms with Gasteiger partial charge in [-0.05, 0) is 12.8 Å². The summed E-state index contributed by atoms with van der Waals surface area (Å²) in [7, 11) is 0. The van der Waals surface area contributed by atoms with E-state index in [1.807, 2.05) is 4.90 Å². The monoisotopic (exact) mass is 239 g/mol. The molecule has 96 valence electrons. The highest BCUT2D eigenvalue weighted by molar-refractivity contribution is 5.79. The van der Waals surface area contributed by atoms with Crippen LogP contribution < -0.4 is 5.32 Å². The molecule has 0 radical (unpaired) electrons. The normalized spacial score (nSPS) is 24.6. The highest BCUT2D eigenvalue weighted by atomic mass is 16.2. The average Bonchev–Trinajstić information content (AvgIpc) is 2.85. The Morgan fingerprint density at radius 1 is 1.35 bits per heavy atom. The van der Waals surface area contributed by atoms with Gasteiger partial charge in [-0.25, -0.2) is 4.79 Å². The smallest absolute Gasteiger partial charge is 0.317 e. The topological polar surface area (TPSA) is 52.7 Å². The second-order valence-electron chi connectivity index (χ2n) is 4.79. The lowest BCUT2D eigenvalue weighted by atomic mass is 10.1. The van der Waals surface area contributed by atoms with Crippen molar-refractivity contribution in [3.8, 4) is 0 Å². The van der Waals surface area contributed by atoms with Crippen molar-refractivity contribution in [1.82, 2.24) is 15.1 Å². The molecule has 2 aliphatic rings. The van der Waals surface area contributed by atoms with Crippen LogP contribution in [0, 0.1) is 0 Å². The molecule has 2 heterocycles. The van der Waals surface area contributed by atoms with Crippen molar-refractivity contribution in [2.75, 3.05) is 26.2 Å². The van der Waals surface area contributed by atoms with Crippen molar-refractivity contribution >= 4 is 11.9 Å². The van der Waals surface area contributed by atoms with Crippen molar-refractivity contribution in [3.05, 3.63) is 0 Å². The molecule has 1 unspecified atom stereocenters. The van der Waals surface area contributed by atoms with Gasteiger partial charge in [-0.2, -0.15) is 0 Å². The summed E-state index contributed by atoms with van der Waals surface area (Å²) < 4.78 is 0. The first-order valence-corrected chi connectivity index (χ1v) is 6.54. The molecule has 1 atom stereocenters.